The number of carbonyl (C=O) groups is 1. The fourth-order valence-electron chi connectivity index (χ4n) is 2.73. The molecule has 3 N–H and O–H groups in total. The van der Waals surface area contributed by atoms with Gasteiger partial charge in [-0.3, -0.25) is 4.79 Å². The van der Waals surface area contributed by atoms with Crippen molar-refractivity contribution in [3.63, 3.8) is 0 Å². The number of carbonyl (C=O) groups excluding carboxylic acids is 1. The van der Waals surface area contributed by atoms with Gasteiger partial charge in [0, 0.05) is 13.1 Å². The number of rotatable bonds is 6. The number of aliphatic hydroxyl groups is 1. The standard InChI is InChI=1S/C19H21FN2O3/c20-15-3-1-2-14(8-15)12-25-17-6-4-13(5-7-17)10-22-19(24)18-9-16(23)11-21-18/h1-8,16,18,21,23H,9-12H2,(H,22,24)/t16?,18-/m0/s1. The summed E-state index contributed by atoms with van der Waals surface area (Å²) in [4.78, 5) is 12.0. The largest absolute Gasteiger partial charge is 0.489 e. The molecule has 1 unspecified atom stereocenters. The molecule has 1 fully saturated rings. The van der Waals surface area contributed by atoms with E-state index in [9.17, 15) is 14.3 Å². The van der Waals surface area contributed by atoms with E-state index in [-0.39, 0.29) is 17.8 Å². The monoisotopic (exact) mass is 344 g/mol. The highest BCUT2D eigenvalue weighted by atomic mass is 19.1. The van der Waals surface area contributed by atoms with Crippen molar-refractivity contribution in [1.29, 1.82) is 0 Å². The summed E-state index contributed by atoms with van der Waals surface area (Å²) in [6.45, 7) is 1.16. The molecular weight excluding hydrogens is 323 g/mol. The van der Waals surface area contributed by atoms with Gasteiger partial charge in [0.2, 0.25) is 5.91 Å². The van der Waals surface area contributed by atoms with Crippen molar-refractivity contribution < 1.29 is 19.0 Å². The third-order valence-electron chi connectivity index (χ3n) is 4.11. The van der Waals surface area contributed by atoms with E-state index < -0.39 is 6.10 Å². The van der Waals surface area contributed by atoms with E-state index in [1.54, 1.807) is 12.1 Å². The number of amides is 1. The Labute approximate surface area is 145 Å². The maximum Gasteiger partial charge on any atom is 0.237 e. The molecule has 5 nitrogen and oxygen atoms in total. The van der Waals surface area contributed by atoms with Crippen molar-refractivity contribution in [2.75, 3.05) is 6.54 Å². The smallest absolute Gasteiger partial charge is 0.237 e. The van der Waals surface area contributed by atoms with Crippen molar-refractivity contribution in [3.8, 4) is 5.75 Å². The molecule has 6 heteroatoms. The van der Waals surface area contributed by atoms with Gasteiger partial charge in [0.05, 0.1) is 12.1 Å². The molecule has 0 spiro atoms. The highest BCUT2D eigenvalue weighted by molar-refractivity contribution is 5.82. The van der Waals surface area contributed by atoms with Crippen LogP contribution in [0.15, 0.2) is 48.5 Å². The predicted molar refractivity (Wildman–Crippen MR) is 91.4 cm³/mol. The van der Waals surface area contributed by atoms with E-state index in [1.807, 2.05) is 24.3 Å². The Hall–Kier alpha value is -2.44. The first-order valence-corrected chi connectivity index (χ1v) is 8.25. The van der Waals surface area contributed by atoms with E-state index in [4.69, 9.17) is 4.74 Å². The lowest BCUT2D eigenvalue weighted by Crippen LogP contribution is -2.39. The molecule has 25 heavy (non-hydrogen) atoms. The van der Waals surface area contributed by atoms with Crippen molar-refractivity contribution in [3.05, 3.63) is 65.5 Å². The van der Waals surface area contributed by atoms with Crippen molar-refractivity contribution in [2.24, 2.45) is 0 Å². The van der Waals surface area contributed by atoms with Gasteiger partial charge in [-0.15, -0.1) is 0 Å². The lowest BCUT2D eigenvalue weighted by atomic mass is 10.1. The molecule has 2 aromatic rings. The summed E-state index contributed by atoms with van der Waals surface area (Å²) in [5.74, 6) is 0.291. The van der Waals surface area contributed by atoms with Gasteiger partial charge in [0.1, 0.15) is 18.2 Å². The number of hydrogen-bond donors (Lipinski definition) is 3. The number of nitrogens with one attached hydrogen (secondary N) is 2. The number of ether oxygens (including phenoxy) is 1. The minimum absolute atomic E-state index is 0.108. The van der Waals surface area contributed by atoms with Crippen LogP contribution in [0.2, 0.25) is 0 Å². The molecule has 0 aliphatic carbocycles. The quantitative estimate of drug-likeness (QED) is 0.747. The molecule has 0 aromatic heterocycles. The van der Waals surface area contributed by atoms with Gasteiger partial charge < -0.3 is 20.5 Å². The minimum atomic E-state index is -0.453. The first-order valence-electron chi connectivity index (χ1n) is 8.25. The zero-order valence-electron chi connectivity index (χ0n) is 13.7. The van der Waals surface area contributed by atoms with Crippen LogP contribution in [-0.2, 0) is 17.9 Å². The van der Waals surface area contributed by atoms with Gasteiger partial charge in [-0.25, -0.2) is 4.39 Å². The SMILES string of the molecule is O=C(NCc1ccc(OCc2cccc(F)c2)cc1)[C@@H]1CC(O)CN1. The Kier molecular flexibility index (Phi) is 5.63. The highest BCUT2D eigenvalue weighted by Crippen LogP contribution is 2.15. The zero-order chi connectivity index (χ0) is 17.6. The number of β-amino-alcohol motifs (C(OH)–C–C–N with tert-alkyl or cyclic N) is 1. The van der Waals surface area contributed by atoms with Crippen LogP contribution in [0, 0.1) is 5.82 Å². The summed E-state index contributed by atoms with van der Waals surface area (Å²) in [5.41, 5.74) is 1.72. The Bertz CT molecular complexity index is 721. The van der Waals surface area contributed by atoms with Crippen LogP contribution in [0.5, 0.6) is 5.75 Å². The second-order valence-electron chi connectivity index (χ2n) is 6.13. The van der Waals surface area contributed by atoms with E-state index in [2.05, 4.69) is 10.6 Å². The lowest BCUT2D eigenvalue weighted by molar-refractivity contribution is -0.123. The van der Waals surface area contributed by atoms with Crippen LogP contribution < -0.4 is 15.4 Å². The molecule has 2 aromatic carbocycles. The first kappa shape index (κ1) is 17.4. The third kappa shape index (κ3) is 5.01. The molecule has 0 radical (unpaired) electrons. The fraction of sp³-hybridized carbons (Fsp3) is 0.316. The molecule has 2 atom stereocenters. The second-order valence-corrected chi connectivity index (χ2v) is 6.13. The van der Waals surface area contributed by atoms with E-state index in [1.165, 1.54) is 12.1 Å². The Morgan fingerprint density at radius 2 is 2.04 bits per heavy atom. The van der Waals surface area contributed by atoms with Gasteiger partial charge in [-0.1, -0.05) is 24.3 Å². The van der Waals surface area contributed by atoms with Crippen LogP contribution in [0.4, 0.5) is 4.39 Å². The molecule has 1 aliphatic heterocycles. The third-order valence-corrected chi connectivity index (χ3v) is 4.11. The van der Waals surface area contributed by atoms with Crippen LogP contribution >= 0.6 is 0 Å². The van der Waals surface area contributed by atoms with Crippen LogP contribution in [0.25, 0.3) is 0 Å². The second kappa shape index (κ2) is 8.09. The van der Waals surface area contributed by atoms with E-state index >= 15 is 0 Å². The maximum atomic E-state index is 13.1. The fourth-order valence-corrected chi connectivity index (χ4v) is 2.73. The molecule has 1 aliphatic rings. The van der Waals surface area contributed by atoms with Gasteiger partial charge in [-0.05, 0) is 41.8 Å². The van der Waals surface area contributed by atoms with Gasteiger partial charge in [0.15, 0.2) is 0 Å². The summed E-state index contributed by atoms with van der Waals surface area (Å²) >= 11 is 0. The van der Waals surface area contributed by atoms with E-state index in [0.717, 1.165) is 11.1 Å². The summed E-state index contributed by atoms with van der Waals surface area (Å²) in [5, 5.41) is 15.3. The van der Waals surface area contributed by atoms with Crippen molar-refractivity contribution in [2.45, 2.75) is 31.7 Å². The average molecular weight is 344 g/mol. The molecule has 3 rings (SSSR count). The number of aliphatic hydroxyl groups excluding tert-OH is 1. The van der Waals surface area contributed by atoms with Gasteiger partial charge >= 0.3 is 0 Å². The van der Waals surface area contributed by atoms with E-state index in [0.29, 0.717) is 31.9 Å². The lowest BCUT2D eigenvalue weighted by Gasteiger charge is -2.11. The average Bonchev–Trinajstić information content (AvgIpc) is 3.05. The molecule has 1 saturated heterocycles. The van der Waals surface area contributed by atoms with Gasteiger partial charge in [0.25, 0.3) is 0 Å². The number of halogens is 1. The molecule has 1 heterocycles. The Morgan fingerprint density at radius 1 is 1.24 bits per heavy atom. The maximum absolute atomic E-state index is 13.1. The van der Waals surface area contributed by atoms with Crippen molar-refractivity contribution in [1.82, 2.24) is 10.6 Å². The first-order chi connectivity index (χ1) is 12.1. The molecule has 132 valence electrons. The topological polar surface area (TPSA) is 70.6 Å². The summed E-state index contributed by atoms with van der Waals surface area (Å²) in [6.07, 6.45) is -0.0103. The number of benzene rings is 2. The molecular formula is C19H21FN2O3. The normalized spacial score (nSPS) is 19.6. The minimum Gasteiger partial charge on any atom is -0.489 e. The zero-order valence-corrected chi connectivity index (χ0v) is 13.7. The Balaban J connectivity index is 1.46. The van der Waals surface area contributed by atoms with Crippen LogP contribution in [0.1, 0.15) is 17.5 Å². The van der Waals surface area contributed by atoms with Crippen LogP contribution in [-0.4, -0.2) is 29.7 Å². The van der Waals surface area contributed by atoms with Gasteiger partial charge in [-0.2, -0.15) is 0 Å². The molecule has 0 bridgehead atoms. The summed E-state index contributed by atoms with van der Waals surface area (Å²) < 4.78 is 18.7. The summed E-state index contributed by atoms with van der Waals surface area (Å²) in [6, 6.07) is 13.3. The number of hydrogen-bond acceptors (Lipinski definition) is 4. The predicted octanol–water partition coefficient (Wildman–Crippen LogP) is 1.74. The Morgan fingerprint density at radius 3 is 2.72 bits per heavy atom. The van der Waals surface area contributed by atoms with Crippen LogP contribution in [0.3, 0.4) is 0 Å². The molecule has 1 amide bonds. The van der Waals surface area contributed by atoms with Crippen molar-refractivity contribution >= 4 is 5.91 Å². The summed E-state index contributed by atoms with van der Waals surface area (Å²) in [7, 11) is 0. The molecule has 0 saturated carbocycles. The highest BCUT2D eigenvalue weighted by Gasteiger charge is 2.27.